The van der Waals surface area contributed by atoms with Crippen molar-refractivity contribution < 1.29 is 9.18 Å². The highest BCUT2D eigenvalue weighted by molar-refractivity contribution is 7.21. The zero-order chi connectivity index (χ0) is 22.2. The molecule has 0 bridgehead atoms. The molecule has 5 aromatic rings. The van der Waals surface area contributed by atoms with Gasteiger partial charge in [0.25, 0.3) is 5.91 Å². The van der Waals surface area contributed by atoms with Gasteiger partial charge in [0.05, 0.1) is 17.1 Å². The molecule has 2 aromatic carbocycles. The summed E-state index contributed by atoms with van der Waals surface area (Å²) < 4.78 is 13.1. The molecule has 3 aromatic heterocycles. The van der Waals surface area contributed by atoms with Gasteiger partial charge >= 0.3 is 0 Å². The van der Waals surface area contributed by atoms with Gasteiger partial charge in [0.15, 0.2) is 5.13 Å². The van der Waals surface area contributed by atoms with Gasteiger partial charge in [-0.3, -0.25) is 10.1 Å². The van der Waals surface area contributed by atoms with E-state index >= 15 is 0 Å². The van der Waals surface area contributed by atoms with Gasteiger partial charge < -0.3 is 5.73 Å². The lowest BCUT2D eigenvalue weighted by molar-refractivity contribution is 0.103. The van der Waals surface area contributed by atoms with Crippen LogP contribution in [0, 0.1) is 5.82 Å². The number of anilines is 2. The topological polar surface area (TPSA) is 80.9 Å². The summed E-state index contributed by atoms with van der Waals surface area (Å²) in [6.45, 7) is 0. The average molecular weight is 481 g/mol. The monoisotopic (exact) mass is 480 g/mol. The number of nitrogens with two attached hydrogens (primary N) is 1. The highest BCUT2D eigenvalue weighted by Gasteiger charge is 2.19. The zero-order valence-electron chi connectivity index (χ0n) is 16.3. The number of hydrogen-bond donors (Lipinski definition) is 2. The molecule has 0 saturated heterocycles. The molecule has 0 spiro atoms. The van der Waals surface area contributed by atoms with E-state index < -0.39 is 0 Å². The molecule has 5 nitrogen and oxygen atoms in total. The molecule has 32 heavy (non-hydrogen) atoms. The van der Waals surface area contributed by atoms with Crippen LogP contribution in [-0.2, 0) is 0 Å². The van der Waals surface area contributed by atoms with Crippen molar-refractivity contribution >= 4 is 61.2 Å². The normalized spacial score (nSPS) is 11.1. The Morgan fingerprint density at radius 3 is 2.38 bits per heavy atom. The maximum atomic E-state index is 13.1. The van der Waals surface area contributed by atoms with Crippen molar-refractivity contribution in [1.29, 1.82) is 0 Å². The predicted molar refractivity (Wildman–Crippen MR) is 130 cm³/mol. The molecule has 158 valence electrons. The summed E-state index contributed by atoms with van der Waals surface area (Å²) in [6.07, 6.45) is 0. The quantitative estimate of drug-likeness (QED) is 0.299. The Kier molecular flexibility index (Phi) is 5.34. The Balaban J connectivity index is 1.40. The number of carbonyl (C=O) groups is 1. The van der Waals surface area contributed by atoms with Crippen molar-refractivity contribution in [2.75, 3.05) is 11.1 Å². The minimum absolute atomic E-state index is 0.314. The van der Waals surface area contributed by atoms with Crippen LogP contribution in [0.4, 0.5) is 15.2 Å². The molecule has 0 unspecified atom stereocenters. The number of carbonyl (C=O) groups excluding carboxylic acids is 1. The van der Waals surface area contributed by atoms with Crippen LogP contribution in [0.5, 0.6) is 0 Å². The molecule has 0 aliphatic heterocycles. The second-order valence-electron chi connectivity index (χ2n) is 6.90. The molecule has 3 heterocycles. The number of hydrogen-bond acceptors (Lipinski definition) is 6. The van der Waals surface area contributed by atoms with Gasteiger partial charge in [0.2, 0.25) is 0 Å². The van der Waals surface area contributed by atoms with E-state index in [1.54, 1.807) is 29.6 Å². The van der Waals surface area contributed by atoms with Crippen LogP contribution in [0.25, 0.3) is 32.7 Å². The fraction of sp³-hybridized carbons (Fsp3) is 0. The third-order valence-electron chi connectivity index (χ3n) is 4.80. The molecule has 1 amide bonds. The summed E-state index contributed by atoms with van der Waals surface area (Å²) in [5.74, 6) is -0.663. The van der Waals surface area contributed by atoms with Crippen molar-refractivity contribution in [3.63, 3.8) is 0 Å². The lowest BCUT2D eigenvalue weighted by Crippen LogP contribution is -2.11. The number of benzene rings is 2. The highest BCUT2D eigenvalue weighted by Crippen LogP contribution is 2.35. The Bertz CT molecular complexity index is 1450. The fourth-order valence-electron chi connectivity index (χ4n) is 3.19. The Morgan fingerprint density at radius 2 is 1.62 bits per heavy atom. The third kappa shape index (κ3) is 3.95. The molecule has 0 aliphatic carbocycles. The van der Waals surface area contributed by atoms with Crippen LogP contribution in [0.3, 0.4) is 0 Å². The number of fused-ring (bicyclic) bond motifs is 1. The van der Waals surface area contributed by atoms with E-state index in [0.717, 1.165) is 22.2 Å². The van der Waals surface area contributed by atoms with Gasteiger partial charge in [-0.15, -0.1) is 22.7 Å². The van der Waals surface area contributed by atoms with Gasteiger partial charge in [-0.1, -0.05) is 23.7 Å². The molecular formula is C23H14ClFN4OS2. The molecule has 0 radical (unpaired) electrons. The first-order valence-corrected chi connectivity index (χ1v) is 11.5. The van der Waals surface area contributed by atoms with Crippen LogP contribution in [0.1, 0.15) is 9.67 Å². The number of amides is 1. The average Bonchev–Trinajstić information content (AvgIpc) is 3.39. The Labute approximate surface area is 195 Å². The predicted octanol–water partition coefficient (Wildman–Crippen LogP) is 6.71. The SMILES string of the molecule is Nc1c(C(=O)Nc2nc(-c3ccc(F)cc3)cs2)sc2nc(-c3ccc(Cl)cc3)ccc12. The number of aromatic nitrogens is 2. The van der Waals surface area contributed by atoms with Gasteiger partial charge in [0, 0.05) is 26.9 Å². The maximum Gasteiger partial charge on any atom is 0.269 e. The molecule has 0 aliphatic rings. The molecule has 5 rings (SSSR count). The van der Waals surface area contributed by atoms with Gasteiger partial charge in [-0.25, -0.2) is 14.4 Å². The van der Waals surface area contributed by atoms with Gasteiger partial charge in [-0.05, 0) is 48.5 Å². The van der Waals surface area contributed by atoms with Crippen LogP contribution < -0.4 is 11.1 Å². The first-order valence-electron chi connectivity index (χ1n) is 9.46. The molecule has 0 fully saturated rings. The number of pyridine rings is 1. The van der Waals surface area contributed by atoms with Crippen molar-refractivity contribution in [3.05, 3.63) is 81.8 Å². The van der Waals surface area contributed by atoms with Crippen LogP contribution in [0.15, 0.2) is 66.0 Å². The molecule has 0 atom stereocenters. The summed E-state index contributed by atoms with van der Waals surface area (Å²) in [5, 5.41) is 6.41. The fourth-order valence-corrected chi connectivity index (χ4v) is 5.02. The standard InChI is InChI=1S/C23H14ClFN4OS2/c24-14-5-1-12(2-6-14)17-10-9-16-19(26)20(32-22(16)27-17)21(30)29-23-28-18(11-31-23)13-3-7-15(25)8-4-13/h1-11H,26H2,(H,28,29,30). The maximum absolute atomic E-state index is 13.1. The van der Waals surface area contributed by atoms with E-state index in [2.05, 4.69) is 15.3 Å². The van der Waals surface area contributed by atoms with Crippen LogP contribution >= 0.6 is 34.3 Å². The lowest BCUT2D eigenvalue weighted by Gasteiger charge is -2.01. The molecule has 0 saturated carbocycles. The van der Waals surface area contributed by atoms with E-state index in [1.807, 2.05) is 24.3 Å². The Hall–Kier alpha value is -3.33. The molecule has 9 heteroatoms. The van der Waals surface area contributed by atoms with Crippen molar-refractivity contribution in [2.45, 2.75) is 0 Å². The van der Waals surface area contributed by atoms with Crippen molar-refractivity contribution in [2.24, 2.45) is 0 Å². The van der Waals surface area contributed by atoms with Gasteiger partial charge in [0.1, 0.15) is 15.5 Å². The van der Waals surface area contributed by atoms with E-state index in [1.165, 1.54) is 34.8 Å². The number of halogens is 2. The smallest absolute Gasteiger partial charge is 0.269 e. The number of nitrogens with zero attached hydrogens (tertiary/aromatic N) is 2. The second-order valence-corrected chi connectivity index (χ2v) is 9.19. The van der Waals surface area contributed by atoms with E-state index in [4.69, 9.17) is 17.3 Å². The first kappa shape index (κ1) is 20.6. The number of nitrogens with one attached hydrogen (secondary N) is 1. The van der Waals surface area contributed by atoms with Crippen molar-refractivity contribution in [3.8, 4) is 22.5 Å². The highest BCUT2D eigenvalue weighted by atomic mass is 35.5. The van der Waals surface area contributed by atoms with E-state index in [-0.39, 0.29) is 11.7 Å². The molecule has 3 N–H and O–H groups in total. The van der Waals surface area contributed by atoms with E-state index in [9.17, 15) is 9.18 Å². The summed E-state index contributed by atoms with van der Waals surface area (Å²) in [6, 6.07) is 17.2. The summed E-state index contributed by atoms with van der Waals surface area (Å²) in [4.78, 5) is 23.0. The van der Waals surface area contributed by atoms with E-state index in [0.29, 0.717) is 31.2 Å². The van der Waals surface area contributed by atoms with Crippen LogP contribution in [0.2, 0.25) is 5.02 Å². The van der Waals surface area contributed by atoms with Crippen molar-refractivity contribution in [1.82, 2.24) is 9.97 Å². The Morgan fingerprint density at radius 1 is 0.938 bits per heavy atom. The second kappa shape index (κ2) is 8.31. The number of thiazole rings is 1. The minimum atomic E-state index is -0.349. The van der Waals surface area contributed by atoms with Gasteiger partial charge in [-0.2, -0.15) is 0 Å². The largest absolute Gasteiger partial charge is 0.397 e. The minimum Gasteiger partial charge on any atom is -0.397 e. The third-order valence-corrected chi connectivity index (χ3v) is 6.93. The summed E-state index contributed by atoms with van der Waals surface area (Å²) in [7, 11) is 0. The lowest BCUT2D eigenvalue weighted by atomic mass is 10.1. The van der Waals surface area contributed by atoms with Crippen LogP contribution in [-0.4, -0.2) is 15.9 Å². The number of thiophene rings is 1. The first-order chi connectivity index (χ1) is 15.5. The number of nitrogen functional groups attached to an aromatic ring is 1. The zero-order valence-corrected chi connectivity index (χ0v) is 18.7. The summed E-state index contributed by atoms with van der Waals surface area (Å²) in [5.41, 5.74) is 9.75. The summed E-state index contributed by atoms with van der Waals surface area (Å²) >= 11 is 8.48. The number of rotatable bonds is 4. The molecular weight excluding hydrogens is 467 g/mol.